The van der Waals surface area contributed by atoms with Crippen molar-refractivity contribution in [3.8, 4) is 6.07 Å². The van der Waals surface area contributed by atoms with E-state index in [1.807, 2.05) is 6.92 Å². The highest BCUT2D eigenvalue weighted by Gasteiger charge is 2.33. The molecule has 1 fully saturated rings. The average molecular weight is 331 g/mol. The zero-order chi connectivity index (χ0) is 17.5. The van der Waals surface area contributed by atoms with Crippen LogP contribution >= 0.6 is 0 Å². The highest BCUT2D eigenvalue weighted by Crippen LogP contribution is 2.23. The molecule has 2 amide bonds. The number of rotatable bonds is 6. The second kappa shape index (κ2) is 8.43. The number of nitrogens with zero attached hydrogens (tertiary/aromatic N) is 3. The molecule has 0 N–H and O–H groups in total. The molecule has 128 valence electrons. The SMILES string of the molecule is COCCOCC(=O)N1CC(=O)N(c2ccccc2C#N)CC1C. The average Bonchev–Trinajstić information content (AvgIpc) is 2.60. The predicted octanol–water partition coefficient (Wildman–Crippen LogP) is 0.785. The lowest BCUT2D eigenvalue weighted by Crippen LogP contribution is -2.58. The van der Waals surface area contributed by atoms with Gasteiger partial charge in [-0.1, -0.05) is 12.1 Å². The Bertz CT molecular complexity index is 641. The van der Waals surface area contributed by atoms with Crippen molar-refractivity contribution in [3.63, 3.8) is 0 Å². The van der Waals surface area contributed by atoms with Crippen molar-refractivity contribution >= 4 is 17.5 Å². The van der Waals surface area contributed by atoms with E-state index in [1.54, 1.807) is 36.3 Å². The molecule has 0 aliphatic carbocycles. The fourth-order valence-corrected chi connectivity index (χ4v) is 2.61. The van der Waals surface area contributed by atoms with E-state index in [1.165, 1.54) is 4.90 Å². The molecule has 1 aliphatic rings. The Kier molecular flexibility index (Phi) is 6.29. The van der Waals surface area contributed by atoms with E-state index >= 15 is 0 Å². The molecule has 1 aliphatic heterocycles. The summed E-state index contributed by atoms with van der Waals surface area (Å²) in [6, 6.07) is 8.90. The molecule has 7 heteroatoms. The van der Waals surface area contributed by atoms with Gasteiger partial charge < -0.3 is 19.3 Å². The smallest absolute Gasteiger partial charge is 0.249 e. The summed E-state index contributed by atoms with van der Waals surface area (Å²) >= 11 is 0. The van der Waals surface area contributed by atoms with Crippen LogP contribution in [0.1, 0.15) is 12.5 Å². The van der Waals surface area contributed by atoms with Gasteiger partial charge in [0, 0.05) is 19.7 Å². The summed E-state index contributed by atoms with van der Waals surface area (Å²) in [5, 5.41) is 9.20. The quantitative estimate of drug-likeness (QED) is 0.720. The second-order valence-electron chi connectivity index (χ2n) is 5.55. The molecule has 1 aromatic rings. The fraction of sp³-hybridized carbons (Fsp3) is 0.471. The third kappa shape index (κ3) is 4.10. The van der Waals surface area contributed by atoms with Gasteiger partial charge in [0.05, 0.1) is 24.5 Å². The molecule has 2 rings (SSSR count). The first-order chi connectivity index (χ1) is 11.6. The standard InChI is InChI=1S/C17H21N3O4/c1-13-10-20(15-6-4-3-5-14(15)9-18)16(21)11-19(13)17(22)12-24-8-7-23-2/h3-6,13H,7-8,10-12H2,1-2H3. The van der Waals surface area contributed by atoms with Crippen LogP contribution < -0.4 is 4.90 Å². The molecule has 7 nitrogen and oxygen atoms in total. The van der Waals surface area contributed by atoms with Crippen molar-refractivity contribution in [2.75, 3.05) is 44.9 Å². The number of hydrogen-bond acceptors (Lipinski definition) is 5. The summed E-state index contributed by atoms with van der Waals surface area (Å²) in [6.07, 6.45) is 0. The number of piperazine rings is 1. The van der Waals surface area contributed by atoms with Crippen LogP contribution in [0.15, 0.2) is 24.3 Å². The van der Waals surface area contributed by atoms with Crippen molar-refractivity contribution < 1.29 is 19.1 Å². The van der Waals surface area contributed by atoms with Crippen LogP contribution in [0.4, 0.5) is 5.69 Å². The number of carbonyl (C=O) groups is 2. The summed E-state index contributed by atoms with van der Waals surface area (Å²) < 4.78 is 10.1. The van der Waals surface area contributed by atoms with Gasteiger partial charge in [-0.05, 0) is 19.1 Å². The number of carbonyl (C=O) groups excluding carboxylic acids is 2. The van der Waals surface area contributed by atoms with Crippen LogP contribution in [0.2, 0.25) is 0 Å². The number of amides is 2. The maximum atomic E-state index is 12.5. The van der Waals surface area contributed by atoms with Crippen LogP contribution in [-0.2, 0) is 19.1 Å². The molecule has 1 unspecified atom stereocenters. The van der Waals surface area contributed by atoms with Crippen LogP contribution in [0, 0.1) is 11.3 Å². The Morgan fingerprint density at radius 2 is 2.12 bits per heavy atom. The fourth-order valence-electron chi connectivity index (χ4n) is 2.61. The van der Waals surface area contributed by atoms with Crippen molar-refractivity contribution in [2.24, 2.45) is 0 Å². The monoisotopic (exact) mass is 331 g/mol. The summed E-state index contributed by atoms with van der Waals surface area (Å²) in [5.74, 6) is -0.429. The molecule has 0 radical (unpaired) electrons. The van der Waals surface area contributed by atoms with Gasteiger partial charge >= 0.3 is 0 Å². The van der Waals surface area contributed by atoms with Crippen LogP contribution in [0.3, 0.4) is 0 Å². The molecule has 1 aromatic carbocycles. The molecule has 0 saturated carbocycles. The zero-order valence-corrected chi connectivity index (χ0v) is 13.9. The largest absolute Gasteiger partial charge is 0.382 e. The number of ether oxygens (including phenoxy) is 2. The van der Waals surface area contributed by atoms with Crippen molar-refractivity contribution in [3.05, 3.63) is 29.8 Å². The minimum atomic E-state index is -0.222. The minimum absolute atomic E-state index is 0.0204. The maximum Gasteiger partial charge on any atom is 0.249 e. The number of hydrogen-bond donors (Lipinski definition) is 0. The summed E-state index contributed by atoms with van der Waals surface area (Å²) in [4.78, 5) is 27.8. The van der Waals surface area contributed by atoms with E-state index in [-0.39, 0.29) is 31.0 Å². The van der Waals surface area contributed by atoms with Crippen molar-refractivity contribution in [1.29, 1.82) is 5.26 Å². The Balaban J connectivity index is 2.03. The Morgan fingerprint density at radius 3 is 2.83 bits per heavy atom. The second-order valence-corrected chi connectivity index (χ2v) is 5.55. The molecule has 1 heterocycles. The molecule has 24 heavy (non-hydrogen) atoms. The lowest BCUT2D eigenvalue weighted by atomic mass is 10.1. The third-order valence-corrected chi connectivity index (χ3v) is 3.88. The third-order valence-electron chi connectivity index (χ3n) is 3.88. The Morgan fingerprint density at radius 1 is 1.38 bits per heavy atom. The van der Waals surface area contributed by atoms with Gasteiger partial charge in [0.1, 0.15) is 19.2 Å². The normalized spacial score (nSPS) is 17.7. The first kappa shape index (κ1) is 17.9. The lowest BCUT2D eigenvalue weighted by Gasteiger charge is -2.39. The Labute approximate surface area is 141 Å². The molecule has 0 aromatic heterocycles. The first-order valence-corrected chi connectivity index (χ1v) is 7.74. The van der Waals surface area contributed by atoms with E-state index in [9.17, 15) is 14.9 Å². The van der Waals surface area contributed by atoms with Gasteiger partial charge in [0.25, 0.3) is 0 Å². The highest BCUT2D eigenvalue weighted by atomic mass is 16.5. The molecule has 1 atom stereocenters. The maximum absolute atomic E-state index is 12.5. The predicted molar refractivity (Wildman–Crippen MR) is 87.4 cm³/mol. The molecular weight excluding hydrogens is 310 g/mol. The summed E-state index contributed by atoms with van der Waals surface area (Å²) in [6.45, 7) is 2.88. The first-order valence-electron chi connectivity index (χ1n) is 7.74. The molecular formula is C17H21N3O4. The molecule has 0 bridgehead atoms. The molecule has 0 spiro atoms. The van der Waals surface area contributed by atoms with Gasteiger partial charge in [-0.2, -0.15) is 5.26 Å². The number of anilines is 1. The molecule has 1 saturated heterocycles. The number of para-hydroxylation sites is 1. The van der Waals surface area contributed by atoms with E-state index in [2.05, 4.69) is 6.07 Å². The lowest BCUT2D eigenvalue weighted by molar-refractivity contribution is -0.143. The van der Waals surface area contributed by atoms with Crippen LogP contribution in [0.25, 0.3) is 0 Å². The van der Waals surface area contributed by atoms with E-state index in [0.29, 0.717) is 31.0 Å². The Hall–Kier alpha value is -2.43. The van der Waals surface area contributed by atoms with Crippen molar-refractivity contribution in [1.82, 2.24) is 4.90 Å². The van der Waals surface area contributed by atoms with Gasteiger partial charge in [-0.15, -0.1) is 0 Å². The number of benzene rings is 1. The van der Waals surface area contributed by atoms with E-state index in [4.69, 9.17) is 9.47 Å². The van der Waals surface area contributed by atoms with Crippen LogP contribution in [0.5, 0.6) is 0 Å². The van der Waals surface area contributed by atoms with Gasteiger partial charge in [0.2, 0.25) is 11.8 Å². The number of methoxy groups -OCH3 is 1. The highest BCUT2D eigenvalue weighted by molar-refractivity contribution is 5.99. The van der Waals surface area contributed by atoms with E-state index in [0.717, 1.165) is 0 Å². The van der Waals surface area contributed by atoms with Gasteiger partial charge in [-0.3, -0.25) is 9.59 Å². The minimum Gasteiger partial charge on any atom is -0.382 e. The van der Waals surface area contributed by atoms with Crippen LogP contribution in [-0.4, -0.2) is 62.8 Å². The van der Waals surface area contributed by atoms with Gasteiger partial charge in [0.15, 0.2) is 0 Å². The summed E-state index contributed by atoms with van der Waals surface area (Å²) in [7, 11) is 1.56. The topological polar surface area (TPSA) is 82.9 Å². The van der Waals surface area contributed by atoms with E-state index < -0.39 is 0 Å². The van der Waals surface area contributed by atoms with Crippen molar-refractivity contribution in [2.45, 2.75) is 13.0 Å². The summed E-state index contributed by atoms with van der Waals surface area (Å²) in [5.41, 5.74) is 1.03. The van der Waals surface area contributed by atoms with Gasteiger partial charge in [-0.25, -0.2) is 0 Å². The zero-order valence-electron chi connectivity index (χ0n) is 13.9. The number of nitriles is 1.